The summed E-state index contributed by atoms with van der Waals surface area (Å²) in [5, 5.41) is 10.6. The molecule has 1 heterocycles. The molecular weight excluding hydrogens is 324 g/mol. The lowest BCUT2D eigenvalue weighted by atomic mass is 9.87. The van der Waals surface area contributed by atoms with Gasteiger partial charge in [-0.05, 0) is 58.2 Å². The van der Waals surface area contributed by atoms with Crippen molar-refractivity contribution in [2.75, 3.05) is 12.4 Å². The molecular formula is C19H28O4S. The van der Waals surface area contributed by atoms with E-state index in [-0.39, 0.29) is 16.8 Å². The number of rotatable bonds is 5. The summed E-state index contributed by atoms with van der Waals surface area (Å²) in [4.78, 5) is 11.6. The summed E-state index contributed by atoms with van der Waals surface area (Å²) < 4.78 is 11.2. The van der Waals surface area contributed by atoms with E-state index in [2.05, 4.69) is 13.8 Å². The summed E-state index contributed by atoms with van der Waals surface area (Å²) in [6.45, 7) is 12.3. The summed E-state index contributed by atoms with van der Waals surface area (Å²) in [6, 6.07) is 0. The molecule has 0 aliphatic carbocycles. The molecule has 0 saturated carbocycles. The second kappa shape index (κ2) is 7.26. The highest BCUT2D eigenvalue weighted by atomic mass is 32.2. The predicted octanol–water partition coefficient (Wildman–Crippen LogP) is 4.61. The fourth-order valence-electron chi connectivity index (χ4n) is 3.17. The van der Waals surface area contributed by atoms with Gasteiger partial charge in [-0.3, -0.25) is 4.79 Å². The summed E-state index contributed by atoms with van der Waals surface area (Å²) >= 11 is 1.74. The molecule has 0 saturated heterocycles. The van der Waals surface area contributed by atoms with Crippen molar-refractivity contribution in [2.45, 2.75) is 65.2 Å². The number of hydrogen-bond donors (Lipinski definition) is 1. The van der Waals surface area contributed by atoms with Crippen LogP contribution in [0.5, 0.6) is 11.5 Å². The third kappa shape index (κ3) is 3.82. The second-order valence-electron chi connectivity index (χ2n) is 6.95. The molecule has 0 spiro atoms. The zero-order valence-corrected chi connectivity index (χ0v) is 16.3. The van der Waals surface area contributed by atoms with Crippen LogP contribution >= 0.6 is 11.8 Å². The first-order valence-electron chi connectivity index (χ1n) is 8.46. The molecule has 134 valence electrons. The van der Waals surface area contributed by atoms with Gasteiger partial charge in [-0.2, -0.15) is 11.8 Å². The Balaban J connectivity index is 2.29. The van der Waals surface area contributed by atoms with Crippen molar-refractivity contribution in [2.24, 2.45) is 0 Å². The molecule has 0 amide bonds. The number of carbonyl (C=O) groups is 1. The van der Waals surface area contributed by atoms with Gasteiger partial charge in [0, 0.05) is 23.0 Å². The molecule has 2 rings (SSSR count). The van der Waals surface area contributed by atoms with Crippen LogP contribution in [-0.2, 0) is 9.53 Å². The van der Waals surface area contributed by atoms with Gasteiger partial charge >= 0.3 is 5.97 Å². The van der Waals surface area contributed by atoms with E-state index in [4.69, 9.17) is 9.47 Å². The minimum atomic E-state index is -0.269. The van der Waals surface area contributed by atoms with Gasteiger partial charge in [0.05, 0.1) is 13.0 Å². The summed E-state index contributed by atoms with van der Waals surface area (Å²) in [6.07, 6.45) is 1.25. The highest BCUT2D eigenvalue weighted by Crippen LogP contribution is 2.52. The maximum absolute atomic E-state index is 11.6. The average Bonchev–Trinajstić information content (AvgIpc) is 2.50. The van der Waals surface area contributed by atoms with Gasteiger partial charge in [0.25, 0.3) is 0 Å². The van der Waals surface area contributed by atoms with E-state index in [0.717, 1.165) is 34.4 Å². The van der Waals surface area contributed by atoms with Crippen LogP contribution in [0.3, 0.4) is 0 Å². The zero-order chi connectivity index (χ0) is 18.1. The highest BCUT2D eigenvalue weighted by Gasteiger charge is 2.37. The Hall–Kier alpha value is -1.36. The van der Waals surface area contributed by atoms with E-state index in [1.54, 1.807) is 11.8 Å². The lowest BCUT2D eigenvalue weighted by Crippen LogP contribution is -2.35. The van der Waals surface area contributed by atoms with Gasteiger partial charge < -0.3 is 14.6 Å². The molecule has 1 aliphatic heterocycles. The van der Waals surface area contributed by atoms with Crippen LogP contribution in [0.15, 0.2) is 0 Å². The lowest BCUT2D eigenvalue weighted by Gasteiger charge is -2.39. The number of aromatic hydroxyl groups is 1. The van der Waals surface area contributed by atoms with E-state index >= 15 is 0 Å². The molecule has 1 unspecified atom stereocenters. The Morgan fingerprint density at radius 1 is 1.29 bits per heavy atom. The number of carbonyl (C=O) groups excluding carboxylic acids is 1. The fourth-order valence-corrected chi connectivity index (χ4v) is 4.71. The van der Waals surface area contributed by atoms with E-state index in [9.17, 15) is 9.90 Å². The molecule has 5 heteroatoms. The van der Waals surface area contributed by atoms with Crippen LogP contribution in [0.2, 0.25) is 0 Å². The molecule has 1 aromatic rings. The number of ether oxygens (including phenoxy) is 2. The quantitative estimate of drug-likeness (QED) is 0.785. The molecule has 1 aromatic carbocycles. The van der Waals surface area contributed by atoms with E-state index in [1.165, 1.54) is 0 Å². The number of esters is 1. The van der Waals surface area contributed by atoms with Crippen LogP contribution in [-0.4, -0.2) is 29.0 Å². The average molecular weight is 352 g/mol. The van der Waals surface area contributed by atoms with Gasteiger partial charge in [0.2, 0.25) is 0 Å². The minimum Gasteiger partial charge on any atom is -0.507 e. The standard InChI is InChI=1S/C19H28O4S/c1-7-22-15(20)8-9-24-14-10-19(5,6)23-18-12(3)11(2)17(21)13(4)16(14)18/h14,21H,7-10H2,1-6H3. The van der Waals surface area contributed by atoms with Gasteiger partial charge in [-0.1, -0.05) is 0 Å². The van der Waals surface area contributed by atoms with Crippen LogP contribution in [0.1, 0.15) is 61.1 Å². The van der Waals surface area contributed by atoms with Gasteiger partial charge in [-0.25, -0.2) is 0 Å². The number of hydrogen-bond acceptors (Lipinski definition) is 5. The van der Waals surface area contributed by atoms with Crippen LogP contribution in [0, 0.1) is 20.8 Å². The molecule has 0 radical (unpaired) electrons. The van der Waals surface area contributed by atoms with E-state index in [1.807, 2.05) is 27.7 Å². The Labute approximate surface area is 148 Å². The number of benzene rings is 1. The molecule has 0 aromatic heterocycles. The van der Waals surface area contributed by atoms with Crippen molar-refractivity contribution in [1.29, 1.82) is 0 Å². The molecule has 0 fully saturated rings. The van der Waals surface area contributed by atoms with Crippen molar-refractivity contribution < 1.29 is 19.4 Å². The second-order valence-corrected chi connectivity index (χ2v) is 8.26. The van der Waals surface area contributed by atoms with Crippen molar-refractivity contribution in [3.05, 3.63) is 22.3 Å². The SMILES string of the molecule is CCOC(=O)CCSC1CC(C)(C)Oc2c(C)c(C)c(O)c(C)c21. The number of thioether (sulfide) groups is 1. The van der Waals surface area contributed by atoms with Gasteiger partial charge in [-0.15, -0.1) is 0 Å². The Morgan fingerprint density at radius 3 is 2.58 bits per heavy atom. The predicted molar refractivity (Wildman–Crippen MR) is 98.1 cm³/mol. The third-order valence-electron chi connectivity index (χ3n) is 4.57. The third-order valence-corrected chi connectivity index (χ3v) is 5.81. The van der Waals surface area contributed by atoms with Crippen LogP contribution < -0.4 is 4.74 Å². The first-order chi connectivity index (χ1) is 11.2. The lowest BCUT2D eigenvalue weighted by molar-refractivity contribution is -0.142. The Kier molecular flexibility index (Phi) is 5.74. The Morgan fingerprint density at radius 2 is 1.96 bits per heavy atom. The van der Waals surface area contributed by atoms with Crippen LogP contribution in [0.4, 0.5) is 0 Å². The largest absolute Gasteiger partial charge is 0.507 e. The number of phenols is 1. The number of phenolic OH excluding ortho intramolecular Hbond substituents is 1. The molecule has 1 atom stereocenters. The maximum atomic E-state index is 11.6. The monoisotopic (exact) mass is 352 g/mol. The van der Waals surface area contributed by atoms with Crippen molar-refractivity contribution in [3.8, 4) is 11.5 Å². The van der Waals surface area contributed by atoms with Crippen molar-refractivity contribution >= 4 is 17.7 Å². The maximum Gasteiger partial charge on any atom is 0.306 e. The normalized spacial score (nSPS) is 18.7. The molecule has 24 heavy (non-hydrogen) atoms. The highest BCUT2D eigenvalue weighted by molar-refractivity contribution is 7.99. The topological polar surface area (TPSA) is 55.8 Å². The van der Waals surface area contributed by atoms with E-state index in [0.29, 0.717) is 24.5 Å². The van der Waals surface area contributed by atoms with Gasteiger partial charge in [0.1, 0.15) is 17.1 Å². The molecule has 1 aliphatic rings. The van der Waals surface area contributed by atoms with E-state index < -0.39 is 0 Å². The van der Waals surface area contributed by atoms with Crippen molar-refractivity contribution in [3.63, 3.8) is 0 Å². The Bertz CT molecular complexity index is 637. The molecule has 1 N–H and O–H groups in total. The minimum absolute atomic E-state index is 0.156. The fraction of sp³-hybridized carbons (Fsp3) is 0.632. The van der Waals surface area contributed by atoms with Crippen molar-refractivity contribution in [1.82, 2.24) is 0 Å². The molecule has 4 nitrogen and oxygen atoms in total. The zero-order valence-electron chi connectivity index (χ0n) is 15.5. The first kappa shape index (κ1) is 19.0. The summed E-state index contributed by atoms with van der Waals surface area (Å²) in [5.74, 6) is 1.79. The summed E-state index contributed by atoms with van der Waals surface area (Å²) in [7, 11) is 0. The summed E-state index contributed by atoms with van der Waals surface area (Å²) in [5.41, 5.74) is 3.56. The first-order valence-corrected chi connectivity index (χ1v) is 9.51. The van der Waals surface area contributed by atoms with Crippen LogP contribution in [0.25, 0.3) is 0 Å². The molecule has 0 bridgehead atoms. The smallest absolute Gasteiger partial charge is 0.306 e. The van der Waals surface area contributed by atoms with Gasteiger partial charge in [0.15, 0.2) is 0 Å². The number of fused-ring (bicyclic) bond motifs is 1.